The number of carbonyl (C=O) groups is 1. The maximum Gasteiger partial charge on any atom is 0.290 e. The topological polar surface area (TPSA) is 105 Å². The van der Waals surface area contributed by atoms with Crippen LogP contribution in [-0.4, -0.2) is 55.4 Å². The van der Waals surface area contributed by atoms with Crippen LogP contribution in [0.5, 0.6) is 0 Å². The molecule has 2 aromatic carbocycles. The number of carboxylic acid groups (broad SMARTS) is 1. The number of hydrogen-bond donors (Lipinski definition) is 2. The molecule has 1 fully saturated rings. The molecule has 2 heterocycles. The third-order valence-electron chi connectivity index (χ3n) is 4.35. The smallest absolute Gasteiger partial charge is 0.290 e. The second-order valence-electron chi connectivity index (χ2n) is 6.01. The van der Waals surface area contributed by atoms with Crippen molar-refractivity contribution in [1.82, 2.24) is 14.5 Å². The molecule has 8 nitrogen and oxygen atoms in total. The first-order valence-corrected chi connectivity index (χ1v) is 9.94. The zero-order valence-electron chi connectivity index (χ0n) is 14.8. The van der Waals surface area contributed by atoms with Crippen molar-refractivity contribution in [2.75, 3.05) is 31.1 Å². The minimum Gasteiger partial charge on any atom is -0.483 e. The predicted molar refractivity (Wildman–Crippen MR) is 102 cm³/mol. The monoisotopic (exact) mass is 406 g/mol. The largest absolute Gasteiger partial charge is 0.483 e. The highest BCUT2D eigenvalue weighted by Gasteiger charge is 2.24. The van der Waals surface area contributed by atoms with Gasteiger partial charge in [-0.1, -0.05) is 12.1 Å². The molecule has 28 heavy (non-hydrogen) atoms. The number of halogens is 1. The Morgan fingerprint density at radius 2 is 1.82 bits per heavy atom. The van der Waals surface area contributed by atoms with Crippen LogP contribution in [0.3, 0.4) is 0 Å². The van der Waals surface area contributed by atoms with Gasteiger partial charge in [-0.3, -0.25) is 4.79 Å². The highest BCUT2D eigenvalue weighted by molar-refractivity contribution is 7.90. The second-order valence-corrected chi connectivity index (χ2v) is 7.74. The zero-order chi connectivity index (χ0) is 20.1. The maximum atomic E-state index is 14.0. The first kappa shape index (κ1) is 19.8. The standard InChI is InChI=1S/C17H17FN4O2S.CH2O2/c18-15-3-1-2-4-17(15)25(23,24)22-16-11-14(6-5-13(16)12-20-22)21-9-7-19-8-10-21;2-1-3/h1-6,11-12,19H,7-10H2;1H,(H,2,3). The number of nitrogens with one attached hydrogen (secondary N) is 1. The molecule has 1 aliphatic heterocycles. The quantitative estimate of drug-likeness (QED) is 0.636. The van der Waals surface area contributed by atoms with E-state index in [0.29, 0.717) is 10.9 Å². The third kappa shape index (κ3) is 3.82. The number of piperazine rings is 1. The normalized spacial score (nSPS) is 14.4. The van der Waals surface area contributed by atoms with Crippen molar-refractivity contribution in [3.05, 3.63) is 54.5 Å². The van der Waals surface area contributed by atoms with E-state index in [2.05, 4.69) is 15.3 Å². The average Bonchev–Trinajstić information content (AvgIpc) is 3.13. The van der Waals surface area contributed by atoms with Crippen LogP contribution in [0, 0.1) is 5.82 Å². The van der Waals surface area contributed by atoms with Gasteiger partial charge < -0.3 is 15.3 Å². The molecule has 4 rings (SSSR count). The van der Waals surface area contributed by atoms with Crippen molar-refractivity contribution >= 4 is 33.1 Å². The van der Waals surface area contributed by atoms with Crippen molar-refractivity contribution in [3.8, 4) is 0 Å². The molecule has 1 aliphatic rings. The molecule has 1 saturated heterocycles. The lowest BCUT2D eigenvalue weighted by atomic mass is 10.2. The summed E-state index contributed by atoms with van der Waals surface area (Å²) in [6, 6.07) is 10.9. The lowest BCUT2D eigenvalue weighted by Gasteiger charge is -2.29. The van der Waals surface area contributed by atoms with Gasteiger partial charge >= 0.3 is 0 Å². The number of rotatable bonds is 3. The fraction of sp³-hybridized carbons (Fsp3) is 0.222. The Balaban J connectivity index is 0.000000706. The van der Waals surface area contributed by atoms with Gasteiger partial charge in [-0.2, -0.15) is 17.6 Å². The summed E-state index contributed by atoms with van der Waals surface area (Å²) in [5.41, 5.74) is 1.37. The molecule has 0 aliphatic carbocycles. The average molecular weight is 406 g/mol. The van der Waals surface area contributed by atoms with Crippen LogP contribution in [0.1, 0.15) is 0 Å². The van der Waals surface area contributed by atoms with Gasteiger partial charge in [-0.05, 0) is 30.3 Å². The summed E-state index contributed by atoms with van der Waals surface area (Å²) in [5, 5.41) is 14.9. The predicted octanol–water partition coefficient (Wildman–Crippen LogP) is 1.52. The Bertz CT molecular complexity index is 1080. The van der Waals surface area contributed by atoms with Crippen molar-refractivity contribution in [2.45, 2.75) is 4.90 Å². The molecular weight excluding hydrogens is 387 g/mol. The van der Waals surface area contributed by atoms with E-state index >= 15 is 0 Å². The second kappa shape index (κ2) is 8.36. The molecule has 3 aromatic rings. The Morgan fingerprint density at radius 1 is 1.14 bits per heavy atom. The fourth-order valence-corrected chi connectivity index (χ4v) is 4.38. The highest BCUT2D eigenvalue weighted by atomic mass is 32.2. The van der Waals surface area contributed by atoms with Crippen LogP contribution in [-0.2, 0) is 14.8 Å². The Kier molecular flexibility index (Phi) is 5.90. The van der Waals surface area contributed by atoms with Gasteiger partial charge in [0.05, 0.1) is 11.7 Å². The summed E-state index contributed by atoms with van der Waals surface area (Å²) in [4.78, 5) is 10.2. The summed E-state index contributed by atoms with van der Waals surface area (Å²) in [7, 11) is -4.10. The zero-order valence-corrected chi connectivity index (χ0v) is 15.6. The highest BCUT2D eigenvalue weighted by Crippen LogP contribution is 2.26. The van der Waals surface area contributed by atoms with Crippen LogP contribution in [0.15, 0.2) is 53.6 Å². The van der Waals surface area contributed by atoms with Crippen molar-refractivity contribution < 1.29 is 22.7 Å². The Hall–Kier alpha value is -2.98. The number of aromatic nitrogens is 2. The molecule has 0 saturated carbocycles. The SMILES string of the molecule is O=CO.O=S(=O)(c1ccccc1F)n1ncc2ccc(N3CCNCC3)cc21. The van der Waals surface area contributed by atoms with E-state index in [0.717, 1.165) is 42.0 Å². The summed E-state index contributed by atoms with van der Waals surface area (Å²) in [5.74, 6) is -0.788. The molecule has 148 valence electrons. The third-order valence-corrected chi connectivity index (χ3v) is 5.98. The van der Waals surface area contributed by atoms with E-state index < -0.39 is 15.8 Å². The molecule has 1 aromatic heterocycles. The van der Waals surface area contributed by atoms with E-state index in [1.165, 1.54) is 24.4 Å². The first-order valence-electron chi connectivity index (χ1n) is 8.50. The number of anilines is 1. The summed E-state index contributed by atoms with van der Waals surface area (Å²) < 4.78 is 40.6. The van der Waals surface area contributed by atoms with Gasteiger partial charge in [-0.25, -0.2) is 4.39 Å². The van der Waals surface area contributed by atoms with Gasteiger partial charge in [0.2, 0.25) is 0 Å². The molecular formula is C18H19FN4O4S. The lowest BCUT2D eigenvalue weighted by Crippen LogP contribution is -2.43. The fourth-order valence-electron chi connectivity index (χ4n) is 3.04. The van der Waals surface area contributed by atoms with Crippen molar-refractivity contribution in [1.29, 1.82) is 0 Å². The van der Waals surface area contributed by atoms with Gasteiger partial charge in [0.15, 0.2) is 0 Å². The van der Waals surface area contributed by atoms with E-state index in [-0.39, 0.29) is 11.4 Å². The van der Waals surface area contributed by atoms with Crippen LogP contribution < -0.4 is 10.2 Å². The molecule has 0 spiro atoms. The maximum absolute atomic E-state index is 14.0. The number of benzene rings is 2. The minimum absolute atomic E-state index is 0.250. The van der Waals surface area contributed by atoms with Crippen LogP contribution in [0.2, 0.25) is 0 Å². The van der Waals surface area contributed by atoms with Gasteiger partial charge in [0, 0.05) is 37.3 Å². The van der Waals surface area contributed by atoms with E-state index in [1.807, 2.05) is 12.1 Å². The summed E-state index contributed by atoms with van der Waals surface area (Å²) in [6.45, 7) is 3.20. The van der Waals surface area contributed by atoms with Crippen LogP contribution in [0.4, 0.5) is 10.1 Å². The van der Waals surface area contributed by atoms with Gasteiger partial charge in [0.1, 0.15) is 10.7 Å². The van der Waals surface area contributed by atoms with Crippen molar-refractivity contribution in [2.24, 2.45) is 0 Å². The number of hydrogen-bond acceptors (Lipinski definition) is 6. The molecule has 10 heteroatoms. The number of fused-ring (bicyclic) bond motifs is 1. The molecule has 0 unspecified atom stereocenters. The van der Waals surface area contributed by atoms with Gasteiger partial charge in [-0.15, -0.1) is 0 Å². The van der Waals surface area contributed by atoms with Crippen LogP contribution in [0.25, 0.3) is 10.9 Å². The summed E-state index contributed by atoms with van der Waals surface area (Å²) in [6.07, 6.45) is 1.48. The molecule has 0 amide bonds. The summed E-state index contributed by atoms with van der Waals surface area (Å²) >= 11 is 0. The van der Waals surface area contributed by atoms with E-state index in [4.69, 9.17) is 9.90 Å². The molecule has 0 radical (unpaired) electrons. The first-order chi connectivity index (χ1) is 13.5. The minimum atomic E-state index is -4.10. The van der Waals surface area contributed by atoms with Gasteiger partial charge in [0.25, 0.3) is 16.5 Å². The molecule has 2 N–H and O–H groups in total. The Morgan fingerprint density at radius 3 is 2.50 bits per heavy atom. The number of nitrogens with zero attached hydrogens (tertiary/aromatic N) is 3. The Labute approximate surface area is 161 Å². The van der Waals surface area contributed by atoms with Crippen LogP contribution >= 0.6 is 0 Å². The van der Waals surface area contributed by atoms with E-state index in [1.54, 1.807) is 6.07 Å². The molecule has 0 bridgehead atoms. The van der Waals surface area contributed by atoms with E-state index in [9.17, 15) is 12.8 Å². The lowest BCUT2D eigenvalue weighted by molar-refractivity contribution is -0.122. The van der Waals surface area contributed by atoms with Crippen molar-refractivity contribution in [3.63, 3.8) is 0 Å². The molecule has 0 atom stereocenters.